The number of methoxy groups -OCH3 is 2. The van der Waals surface area contributed by atoms with E-state index in [1.807, 2.05) is 12.1 Å². The van der Waals surface area contributed by atoms with Crippen molar-refractivity contribution in [2.75, 3.05) is 20.8 Å². The minimum Gasteiger partial charge on any atom is -0.493 e. The molecule has 0 fully saturated rings. The van der Waals surface area contributed by atoms with Crippen LogP contribution in [0.4, 0.5) is 0 Å². The summed E-state index contributed by atoms with van der Waals surface area (Å²) >= 11 is 0. The Balaban J connectivity index is 2.75. The lowest BCUT2D eigenvalue weighted by Gasteiger charge is -2.10. The van der Waals surface area contributed by atoms with Gasteiger partial charge in [-0.1, -0.05) is 13.0 Å². The summed E-state index contributed by atoms with van der Waals surface area (Å²) in [5.41, 5.74) is 1.15. The lowest BCUT2D eigenvalue weighted by molar-refractivity contribution is -0.142. The Labute approximate surface area is 95.1 Å². The molecular weight excluding hydrogens is 208 g/mol. The van der Waals surface area contributed by atoms with Crippen LogP contribution < -0.4 is 9.47 Å². The maximum absolute atomic E-state index is 10.9. The molecule has 4 heteroatoms. The predicted octanol–water partition coefficient (Wildman–Crippen LogP) is 1.81. The zero-order chi connectivity index (χ0) is 12.0. The third-order valence-electron chi connectivity index (χ3n) is 2.21. The van der Waals surface area contributed by atoms with Crippen molar-refractivity contribution in [2.24, 2.45) is 0 Å². The average molecular weight is 224 g/mol. The van der Waals surface area contributed by atoms with E-state index >= 15 is 0 Å². The molecule has 0 radical (unpaired) electrons. The van der Waals surface area contributed by atoms with Gasteiger partial charge in [-0.3, -0.25) is 0 Å². The maximum Gasteiger partial charge on any atom is 0.343 e. The number of aryl methyl sites for hydroxylation is 1. The van der Waals surface area contributed by atoms with Crippen LogP contribution in [0, 0.1) is 0 Å². The van der Waals surface area contributed by atoms with Gasteiger partial charge < -0.3 is 14.2 Å². The van der Waals surface area contributed by atoms with Crippen LogP contribution in [0.5, 0.6) is 11.5 Å². The van der Waals surface area contributed by atoms with Crippen molar-refractivity contribution < 1.29 is 19.0 Å². The van der Waals surface area contributed by atoms with Gasteiger partial charge in [-0.25, -0.2) is 4.79 Å². The van der Waals surface area contributed by atoms with Crippen LogP contribution >= 0.6 is 0 Å². The van der Waals surface area contributed by atoms with E-state index in [1.165, 1.54) is 7.11 Å². The summed E-state index contributed by atoms with van der Waals surface area (Å²) in [6.45, 7) is 1.95. The molecule has 4 nitrogen and oxygen atoms in total. The second-order valence-corrected chi connectivity index (χ2v) is 3.20. The van der Waals surface area contributed by atoms with Gasteiger partial charge in [0.15, 0.2) is 18.1 Å². The molecule has 1 rings (SSSR count). The van der Waals surface area contributed by atoms with Crippen molar-refractivity contribution in [1.29, 1.82) is 0 Å². The summed E-state index contributed by atoms with van der Waals surface area (Å²) in [5, 5.41) is 0. The largest absolute Gasteiger partial charge is 0.493 e. The number of benzene rings is 1. The van der Waals surface area contributed by atoms with E-state index in [0.29, 0.717) is 11.5 Å². The monoisotopic (exact) mass is 224 g/mol. The molecule has 88 valence electrons. The fourth-order valence-electron chi connectivity index (χ4n) is 1.25. The van der Waals surface area contributed by atoms with Crippen LogP contribution in [0.25, 0.3) is 0 Å². The molecule has 0 unspecified atom stereocenters. The van der Waals surface area contributed by atoms with Crippen LogP contribution in [0.1, 0.15) is 12.5 Å². The van der Waals surface area contributed by atoms with Crippen LogP contribution in [0.2, 0.25) is 0 Å². The first kappa shape index (κ1) is 12.4. The first-order valence-electron chi connectivity index (χ1n) is 5.07. The molecule has 0 saturated heterocycles. The van der Waals surface area contributed by atoms with Crippen LogP contribution in [0.3, 0.4) is 0 Å². The van der Waals surface area contributed by atoms with E-state index in [0.717, 1.165) is 12.0 Å². The number of esters is 1. The summed E-state index contributed by atoms with van der Waals surface area (Å²) in [4.78, 5) is 10.9. The van der Waals surface area contributed by atoms with Crippen molar-refractivity contribution >= 4 is 5.97 Å². The van der Waals surface area contributed by atoms with Crippen molar-refractivity contribution in [3.8, 4) is 11.5 Å². The zero-order valence-electron chi connectivity index (χ0n) is 9.78. The van der Waals surface area contributed by atoms with Crippen molar-refractivity contribution in [1.82, 2.24) is 0 Å². The fraction of sp³-hybridized carbons (Fsp3) is 0.417. The average Bonchev–Trinajstić information content (AvgIpc) is 2.35. The van der Waals surface area contributed by atoms with Crippen molar-refractivity contribution in [3.05, 3.63) is 23.8 Å². The molecule has 0 amide bonds. The standard InChI is InChI=1S/C12H16O4/c1-4-9-5-6-10(11(7-9)14-2)16-8-12(13)15-3/h5-7H,4,8H2,1-3H3. The van der Waals surface area contributed by atoms with E-state index in [4.69, 9.17) is 9.47 Å². The van der Waals surface area contributed by atoms with Gasteiger partial charge in [0.2, 0.25) is 0 Å². The van der Waals surface area contributed by atoms with E-state index in [-0.39, 0.29) is 6.61 Å². The first-order chi connectivity index (χ1) is 7.71. The quantitative estimate of drug-likeness (QED) is 0.715. The molecule has 0 saturated carbocycles. The Bertz CT molecular complexity index is 360. The van der Waals surface area contributed by atoms with E-state index in [1.54, 1.807) is 13.2 Å². The Kier molecular flexibility index (Phi) is 4.64. The van der Waals surface area contributed by atoms with Gasteiger partial charge in [0.05, 0.1) is 14.2 Å². The summed E-state index contributed by atoms with van der Waals surface area (Å²) in [6.07, 6.45) is 0.924. The number of hydrogen-bond acceptors (Lipinski definition) is 4. The predicted molar refractivity (Wildman–Crippen MR) is 59.9 cm³/mol. The van der Waals surface area contributed by atoms with Gasteiger partial charge in [0, 0.05) is 0 Å². The Morgan fingerprint density at radius 2 is 2.00 bits per heavy atom. The highest BCUT2D eigenvalue weighted by atomic mass is 16.6. The SMILES string of the molecule is CCc1ccc(OCC(=O)OC)c(OC)c1. The Hall–Kier alpha value is -1.71. The number of hydrogen-bond donors (Lipinski definition) is 0. The number of carbonyl (C=O) groups is 1. The minimum absolute atomic E-state index is 0.113. The molecule has 0 aliphatic heterocycles. The van der Waals surface area contributed by atoms with Crippen molar-refractivity contribution in [3.63, 3.8) is 0 Å². The second kappa shape index (κ2) is 6.00. The molecule has 0 aliphatic rings. The molecule has 0 heterocycles. The highest BCUT2D eigenvalue weighted by Gasteiger charge is 2.07. The van der Waals surface area contributed by atoms with E-state index in [9.17, 15) is 4.79 Å². The maximum atomic E-state index is 10.9. The summed E-state index contributed by atoms with van der Waals surface area (Å²) in [5.74, 6) is 0.759. The molecule has 16 heavy (non-hydrogen) atoms. The van der Waals surface area contributed by atoms with Gasteiger partial charge in [-0.15, -0.1) is 0 Å². The second-order valence-electron chi connectivity index (χ2n) is 3.20. The molecule has 0 aromatic heterocycles. The zero-order valence-corrected chi connectivity index (χ0v) is 9.78. The highest BCUT2D eigenvalue weighted by Crippen LogP contribution is 2.28. The molecule has 0 bridgehead atoms. The van der Waals surface area contributed by atoms with E-state index < -0.39 is 5.97 Å². The third kappa shape index (κ3) is 3.15. The summed E-state index contributed by atoms with van der Waals surface area (Å²) < 4.78 is 14.9. The normalized spacial score (nSPS) is 9.69. The van der Waals surface area contributed by atoms with Gasteiger partial charge in [0.1, 0.15) is 0 Å². The van der Waals surface area contributed by atoms with Crippen LogP contribution in [0.15, 0.2) is 18.2 Å². The number of carbonyl (C=O) groups excluding carboxylic acids is 1. The molecular formula is C12H16O4. The van der Waals surface area contributed by atoms with Gasteiger partial charge >= 0.3 is 5.97 Å². The lowest BCUT2D eigenvalue weighted by atomic mass is 10.1. The lowest BCUT2D eigenvalue weighted by Crippen LogP contribution is -2.13. The summed E-state index contributed by atoms with van der Waals surface area (Å²) in [7, 11) is 2.89. The summed E-state index contributed by atoms with van der Waals surface area (Å²) in [6, 6.07) is 5.63. The highest BCUT2D eigenvalue weighted by molar-refractivity contribution is 5.71. The van der Waals surface area contributed by atoms with Crippen molar-refractivity contribution in [2.45, 2.75) is 13.3 Å². The van der Waals surface area contributed by atoms with Gasteiger partial charge in [-0.05, 0) is 24.1 Å². The molecule has 0 spiro atoms. The van der Waals surface area contributed by atoms with Gasteiger partial charge in [0.25, 0.3) is 0 Å². The third-order valence-corrected chi connectivity index (χ3v) is 2.21. The van der Waals surface area contributed by atoms with Crippen LogP contribution in [-0.4, -0.2) is 26.8 Å². The minimum atomic E-state index is -0.415. The Morgan fingerprint density at radius 1 is 1.25 bits per heavy atom. The molecule has 0 N–H and O–H groups in total. The van der Waals surface area contributed by atoms with E-state index in [2.05, 4.69) is 11.7 Å². The molecule has 0 aliphatic carbocycles. The fourth-order valence-corrected chi connectivity index (χ4v) is 1.25. The number of ether oxygens (including phenoxy) is 3. The smallest absolute Gasteiger partial charge is 0.343 e. The number of rotatable bonds is 5. The molecule has 1 aromatic carbocycles. The topological polar surface area (TPSA) is 44.8 Å². The molecule has 0 atom stereocenters. The Morgan fingerprint density at radius 3 is 2.56 bits per heavy atom. The first-order valence-corrected chi connectivity index (χ1v) is 5.07. The molecule has 1 aromatic rings. The van der Waals surface area contributed by atoms with Gasteiger partial charge in [-0.2, -0.15) is 0 Å². The van der Waals surface area contributed by atoms with Crippen LogP contribution in [-0.2, 0) is 16.0 Å².